The quantitative estimate of drug-likeness (QED) is 0.359. The van der Waals surface area contributed by atoms with Crippen LogP contribution in [-0.4, -0.2) is 26.4 Å². The van der Waals surface area contributed by atoms with E-state index >= 15 is 0 Å². The zero-order valence-corrected chi connectivity index (χ0v) is 15.9. The van der Waals surface area contributed by atoms with Gasteiger partial charge in [0.25, 0.3) is 5.69 Å². The van der Waals surface area contributed by atoms with Crippen molar-refractivity contribution in [1.82, 2.24) is 9.78 Å². The smallest absolute Gasteiger partial charge is 0.272 e. The highest BCUT2D eigenvalue weighted by Gasteiger charge is 2.19. The van der Waals surface area contributed by atoms with Crippen LogP contribution >= 0.6 is 0 Å². The minimum absolute atomic E-state index is 0.0114. The van der Waals surface area contributed by atoms with Gasteiger partial charge in [0, 0.05) is 23.3 Å². The lowest BCUT2D eigenvalue weighted by Gasteiger charge is -2.00. The van der Waals surface area contributed by atoms with Crippen LogP contribution in [0.5, 0.6) is 0 Å². The highest BCUT2D eigenvalue weighted by Crippen LogP contribution is 2.30. The van der Waals surface area contributed by atoms with Gasteiger partial charge in [0.1, 0.15) is 40.7 Å². The number of aliphatic hydroxyl groups excluding tert-OH is 1. The van der Waals surface area contributed by atoms with Crippen molar-refractivity contribution in [2.24, 2.45) is 0 Å². The van der Waals surface area contributed by atoms with Crippen LogP contribution in [0.1, 0.15) is 22.6 Å². The van der Waals surface area contributed by atoms with E-state index in [2.05, 4.69) is 5.10 Å². The number of nitrogens with zero attached hydrogens (tertiary/aromatic N) is 5. The van der Waals surface area contributed by atoms with Crippen LogP contribution in [0, 0.1) is 39.7 Å². The number of nitro groups is 1. The minimum atomic E-state index is -0.455. The molecular weight excluding hydrogens is 388 g/mol. The van der Waals surface area contributed by atoms with Crippen LogP contribution in [0.4, 0.5) is 11.5 Å². The minimum Gasteiger partial charge on any atom is -0.457 e. The normalized spacial score (nSPS) is 11.1. The Balaban J connectivity index is 1.98. The van der Waals surface area contributed by atoms with Crippen LogP contribution in [0.2, 0.25) is 0 Å². The summed E-state index contributed by atoms with van der Waals surface area (Å²) in [5.41, 5.74) is 7.22. The fourth-order valence-electron chi connectivity index (χ4n) is 2.93. The zero-order chi connectivity index (χ0) is 21.8. The molecule has 0 aliphatic carbocycles. The lowest BCUT2D eigenvalue weighted by Crippen LogP contribution is -2.07. The van der Waals surface area contributed by atoms with Gasteiger partial charge in [-0.05, 0) is 31.2 Å². The van der Waals surface area contributed by atoms with Gasteiger partial charge in [-0.15, -0.1) is 0 Å². The molecule has 150 valence electrons. The molecule has 0 unspecified atom stereocenters. The number of nitriles is 2. The molecule has 0 aliphatic heterocycles. The van der Waals surface area contributed by atoms with Crippen LogP contribution in [-0.2, 0) is 6.54 Å². The lowest BCUT2D eigenvalue weighted by atomic mass is 10.1. The number of hydrogen-bond donors (Lipinski definition) is 2. The van der Waals surface area contributed by atoms with Gasteiger partial charge in [0.15, 0.2) is 0 Å². The first kappa shape index (κ1) is 20.3. The summed E-state index contributed by atoms with van der Waals surface area (Å²) < 4.78 is 7.01. The van der Waals surface area contributed by atoms with E-state index in [9.17, 15) is 20.6 Å². The SMILES string of the molecule is Cc1cc(-c2ccc(C=C(C#N)c3nn(CCO)c(N)c3C#N)o2)ccc1[N+](=O)[O-]. The zero-order valence-electron chi connectivity index (χ0n) is 15.9. The predicted octanol–water partition coefficient (Wildman–Crippen LogP) is 2.87. The van der Waals surface area contributed by atoms with Crippen molar-refractivity contribution in [3.8, 4) is 23.5 Å². The molecule has 3 aromatic rings. The van der Waals surface area contributed by atoms with E-state index in [0.29, 0.717) is 22.6 Å². The number of aromatic nitrogens is 2. The van der Waals surface area contributed by atoms with Gasteiger partial charge >= 0.3 is 0 Å². The van der Waals surface area contributed by atoms with E-state index in [0.717, 1.165) is 0 Å². The highest BCUT2D eigenvalue weighted by molar-refractivity contribution is 5.90. The van der Waals surface area contributed by atoms with Gasteiger partial charge in [0.2, 0.25) is 0 Å². The van der Waals surface area contributed by atoms with Crippen molar-refractivity contribution < 1.29 is 14.4 Å². The van der Waals surface area contributed by atoms with Crippen LogP contribution < -0.4 is 5.73 Å². The van der Waals surface area contributed by atoms with Gasteiger partial charge < -0.3 is 15.3 Å². The largest absolute Gasteiger partial charge is 0.457 e. The van der Waals surface area contributed by atoms with E-state index < -0.39 is 4.92 Å². The van der Waals surface area contributed by atoms with Crippen LogP contribution in [0.25, 0.3) is 23.0 Å². The Labute approximate surface area is 170 Å². The second-order valence-electron chi connectivity index (χ2n) is 6.30. The molecule has 0 spiro atoms. The summed E-state index contributed by atoms with van der Waals surface area (Å²) in [5, 5.41) is 43.2. The molecule has 2 heterocycles. The molecule has 0 amide bonds. The molecule has 0 saturated carbocycles. The Kier molecular flexibility index (Phi) is 5.63. The van der Waals surface area contributed by atoms with Gasteiger partial charge in [-0.1, -0.05) is 0 Å². The third-order valence-corrected chi connectivity index (χ3v) is 4.38. The number of nitrogens with two attached hydrogens (primary N) is 1. The lowest BCUT2D eigenvalue weighted by molar-refractivity contribution is -0.385. The van der Waals surface area contributed by atoms with Gasteiger partial charge in [-0.2, -0.15) is 15.6 Å². The molecule has 0 radical (unpaired) electrons. The van der Waals surface area contributed by atoms with Crippen molar-refractivity contribution in [3.05, 3.63) is 63.0 Å². The number of nitro benzene ring substituents is 1. The number of aryl methyl sites for hydroxylation is 1. The van der Waals surface area contributed by atoms with Crippen molar-refractivity contribution in [3.63, 3.8) is 0 Å². The van der Waals surface area contributed by atoms with Gasteiger partial charge in [-0.25, -0.2) is 4.68 Å². The average molecular weight is 404 g/mol. The average Bonchev–Trinajstić information content (AvgIpc) is 3.31. The maximum Gasteiger partial charge on any atom is 0.272 e. The molecular formula is C20H16N6O4. The van der Waals surface area contributed by atoms with Crippen molar-refractivity contribution in [1.29, 1.82) is 10.5 Å². The fraction of sp³-hybridized carbons (Fsp3) is 0.150. The van der Waals surface area contributed by atoms with Crippen molar-refractivity contribution in [2.45, 2.75) is 13.5 Å². The molecule has 0 fully saturated rings. The van der Waals surface area contributed by atoms with E-state index in [1.165, 1.54) is 16.8 Å². The third-order valence-electron chi connectivity index (χ3n) is 4.38. The van der Waals surface area contributed by atoms with E-state index in [1.54, 1.807) is 31.2 Å². The summed E-state index contributed by atoms with van der Waals surface area (Å²) in [6, 6.07) is 11.8. The third kappa shape index (κ3) is 3.76. The second-order valence-corrected chi connectivity index (χ2v) is 6.30. The molecule has 0 atom stereocenters. The molecule has 10 heteroatoms. The first-order chi connectivity index (χ1) is 14.4. The number of benzene rings is 1. The monoisotopic (exact) mass is 404 g/mol. The first-order valence-corrected chi connectivity index (χ1v) is 8.74. The topological polar surface area (TPSA) is 168 Å². The molecule has 30 heavy (non-hydrogen) atoms. The fourth-order valence-corrected chi connectivity index (χ4v) is 2.93. The molecule has 10 nitrogen and oxygen atoms in total. The van der Waals surface area contributed by atoms with Crippen molar-refractivity contribution >= 4 is 23.2 Å². The van der Waals surface area contributed by atoms with E-state index in [1.807, 2.05) is 12.1 Å². The Morgan fingerprint density at radius 2 is 2.17 bits per heavy atom. The predicted molar refractivity (Wildman–Crippen MR) is 107 cm³/mol. The number of anilines is 1. The molecule has 0 aliphatic rings. The number of nitrogen functional groups attached to an aromatic ring is 1. The van der Waals surface area contributed by atoms with Crippen molar-refractivity contribution in [2.75, 3.05) is 12.3 Å². The molecule has 2 aromatic heterocycles. The summed E-state index contributed by atoms with van der Waals surface area (Å²) >= 11 is 0. The maximum atomic E-state index is 11.0. The Morgan fingerprint density at radius 1 is 1.40 bits per heavy atom. The standard InChI is InChI=1S/C20H16N6O4/c1-12-8-13(2-4-17(12)26(28)29)18-5-3-15(30-18)9-14(10-21)19-16(11-22)20(23)25(24-19)6-7-27/h2-5,8-9,27H,6-7,23H2,1H3. The molecule has 3 rings (SSSR count). The second kappa shape index (κ2) is 8.31. The van der Waals surface area contributed by atoms with Crippen LogP contribution in [0.3, 0.4) is 0 Å². The summed E-state index contributed by atoms with van der Waals surface area (Å²) in [6.45, 7) is 1.50. The van der Waals surface area contributed by atoms with Gasteiger partial charge in [-0.3, -0.25) is 10.1 Å². The number of aliphatic hydroxyl groups is 1. The molecule has 3 N–H and O–H groups in total. The summed E-state index contributed by atoms with van der Waals surface area (Å²) in [7, 11) is 0. The maximum absolute atomic E-state index is 11.0. The summed E-state index contributed by atoms with van der Waals surface area (Å²) in [4.78, 5) is 10.5. The Hall–Kier alpha value is -4.41. The Morgan fingerprint density at radius 3 is 2.77 bits per heavy atom. The van der Waals surface area contributed by atoms with E-state index in [4.69, 9.17) is 15.3 Å². The molecule has 0 saturated heterocycles. The summed E-state index contributed by atoms with van der Waals surface area (Å²) in [5.74, 6) is 0.850. The first-order valence-electron chi connectivity index (χ1n) is 8.74. The Bertz CT molecular complexity index is 1240. The summed E-state index contributed by atoms with van der Waals surface area (Å²) in [6.07, 6.45) is 1.42. The molecule has 0 bridgehead atoms. The number of allylic oxidation sites excluding steroid dienone is 1. The van der Waals surface area contributed by atoms with Gasteiger partial charge in [0.05, 0.1) is 23.6 Å². The highest BCUT2D eigenvalue weighted by atomic mass is 16.6. The number of rotatable bonds is 6. The molecule has 1 aromatic carbocycles. The van der Waals surface area contributed by atoms with E-state index in [-0.39, 0.29) is 41.5 Å². The number of furan rings is 1. The van der Waals surface area contributed by atoms with Crippen LogP contribution in [0.15, 0.2) is 34.7 Å². The number of hydrogen-bond acceptors (Lipinski definition) is 8.